The molecule has 4 rings (SSSR count). The Balaban J connectivity index is 1.65. The second-order valence-electron chi connectivity index (χ2n) is 6.22. The second kappa shape index (κ2) is 7.34. The largest absolute Gasteiger partial charge is 0.308 e. The van der Waals surface area contributed by atoms with Gasteiger partial charge < -0.3 is 4.90 Å². The van der Waals surface area contributed by atoms with Gasteiger partial charge in [0.15, 0.2) is 0 Å². The molecule has 0 bridgehead atoms. The smallest absolute Gasteiger partial charge is 0.259 e. The lowest BCUT2D eigenvalue weighted by Gasteiger charge is -2.19. The van der Waals surface area contributed by atoms with Crippen molar-refractivity contribution in [1.29, 1.82) is 0 Å². The van der Waals surface area contributed by atoms with Crippen LogP contribution < -0.4 is 4.90 Å². The Morgan fingerprint density at radius 3 is 2.69 bits per heavy atom. The van der Waals surface area contributed by atoms with Gasteiger partial charge in [-0.05, 0) is 65.3 Å². The molecule has 0 aliphatic carbocycles. The molecule has 3 aromatic rings. The van der Waals surface area contributed by atoms with Crippen molar-refractivity contribution in [3.63, 3.8) is 0 Å². The van der Waals surface area contributed by atoms with Gasteiger partial charge in [0.2, 0.25) is 0 Å². The molecule has 1 amide bonds. The molecule has 3 nitrogen and oxygen atoms in total. The normalized spacial score (nSPS) is 12.9. The van der Waals surface area contributed by atoms with Gasteiger partial charge in [0.25, 0.3) is 5.91 Å². The number of nitrogens with zero attached hydrogens (tertiary/aromatic N) is 2. The molecular formula is C22H20N2OS. The lowest BCUT2D eigenvalue weighted by Crippen LogP contribution is -2.29. The summed E-state index contributed by atoms with van der Waals surface area (Å²) in [5.74, 6) is 1.05. The molecule has 0 saturated carbocycles. The molecule has 0 spiro atoms. The van der Waals surface area contributed by atoms with E-state index in [0.717, 1.165) is 40.4 Å². The number of aromatic nitrogens is 1. The minimum absolute atomic E-state index is 0.0944. The van der Waals surface area contributed by atoms with Gasteiger partial charge in [0.05, 0.1) is 5.56 Å². The van der Waals surface area contributed by atoms with Gasteiger partial charge in [-0.1, -0.05) is 25.1 Å². The van der Waals surface area contributed by atoms with E-state index in [0.29, 0.717) is 0 Å². The number of rotatable bonds is 4. The third kappa shape index (κ3) is 3.13. The first-order valence-electron chi connectivity index (χ1n) is 8.85. The first-order valence-corrected chi connectivity index (χ1v) is 9.83. The Kier molecular flexibility index (Phi) is 4.76. The predicted molar refractivity (Wildman–Crippen MR) is 108 cm³/mol. The Bertz CT molecular complexity index is 940. The molecule has 0 radical (unpaired) electrons. The van der Waals surface area contributed by atoms with E-state index >= 15 is 0 Å². The number of amides is 1. The molecule has 0 N–H and O–H groups in total. The highest BCUT2D eigenvalue weighted by Gasteiger charge is 2.27. The number of benzene rings is 2. The highest BCUT2D eigenvalue weighted by molar-refractivity contribution is 7.99. The number of thioether (sulfide) groups is 1. The molecule has 1 aliphatic rings. The Labute approximate surface area is 158 Å². The maximum absolute atomic E-state index is 13.2. The number of pyridine rings is 1. The summed E-state index contributed by atoms with van der Waals surface area (Å²) in [7, 11) is 0. The molecular weight excluding hydrogens is 340 g/mol. The minimum Gasteiger partial charge on any atom is -0.308 e. The lowest BCUT2D eigenvalue weighted by molar-refractivity contribution is 0.0986. The summed E-state index contributed by atoms with van der Waals surface area (Å²) in [4.78, 5) is 20.2. The minimum atomic E-state index is 0.0944. The molecule has 4 heteroatoms. The maximum Gasteiger partial charge on any atom is 0.259 e. The average Bonchev–Trinajstić information content (AvgIpc) is 3.12. The first kappa shape index (κ1) is 16.9. The van der Waals surface area contributed by atoms with E-state index in [2.05, 4.69) is 30.1 Å². The molecule has 130 valence electrons. The molecule has 26 heavy (non-hydrogen) atoms. The van der Waals surface area contributed by atoms with Crippen LogP contribution in [0.4, 0.5) is 5.69 Å². The highest BCUT2D eigenvalue weighted by atomic mass is 32.2. The van der Waals surface area contributed by atoms with Crippen LogP contribution >= 0.6 is 11.8 Å². The summed E-state index contributed by atoms with van der Waals surface area (Å²) < 4.78 is 0. The second-order valence-corrected chi connectivity index (χ2v) is 7.52. The molecule has 0 atom stereocenters. The van der Waals surface area contributed by atoms with Crippen molar-refractivity contribution in [2.24, 2.45) is 0 Å². The van der Waals surface area contributed by atoms with Crippen LogP contribution in [0.5, 0.6) is 0 Å². The van der Waals surface area contributed by atoms with Gasteiger partial charge in [-0.3, -0.25) is 9.78 Å². The van der Waals surface area contributed by atoms with Crippen LogP contribution in [-0.4, -0.2) is 23.2 Å². The fourth-order valence-corrected chi connectivity index (χ4v) is 4.20. The van der Waals surface area contributed by atoms with E-state index in [4.69, 9.17) is 0 Å². The van der Waals surface area contributed by atoms with Crippen molar-refractivity contribution in [3.05, 3.63) is 78.1 Å². The average molecular weight is 360 g/mol. The Morgan fingerprint density at radius 2 is 1.88 bits per heavy atom. The third-order valence-corrected chi connectivity index (χ3v) is 5.61. The van der Waals surface area contributed by atoms with Gasteiger partial charge >= 0.3 is 0 Å². The number of carbonyl (C=O) groups is 1. The zero-order valence-corrected chi connectivity index (χ0v) is 15.5. The zero-order valence-electron chi connectivity index (χ0n) is 14.7. The summed E-state index contributed by atoms with van der Waals surface area (Å²) >= 11 is 1.72. The van der Waals surface area contributed by atoms with Crippen molar-refractivity contribution < 1.29 is 4.79 Å². The van der Waals surface area contributed by atoms with Crippen LogP contribution in [0.15, 0.2) is 71.9 Å². The lowest BCUT2D eigenvalue weighted by atomic mass is 10.0. The van der Waals surface area contributed by atoms with E-state index in [-0.39, 0.29) is 5.91 Å². The van der Waals surface area contributed by atoms with Crippen LogP contribution in [-0.2, 0) is 6.42 Å². The van der Waals surface area contributed by atoms with Crippen molar-refractivity contribution >= 4 is 23.4 Å². The fraction of sp³-hybridized carbons (Fsp3) is 0.182. The maximum atomic E-state index is 13.2. The van der Waals surface area contributed by atoms with Crippen LogP contribution in [0.2, 0.25) is 0 Å². The van der Waals surface area contributed by atoms with Gasteiger partial charge in [-0.15, -0.1) is 11.8 Å². The van der Waals surface area contributed by atoms with Crippen molar-refractivity contribution in [3.8, 4) is 11.1 Å². The zero-order chi connectivity index (χ0) is 17.9. The topological polar surface area (TPSA) is 33.2 Å². The summed E-state index contributed by atoms with van der Waals surface area (Å²) in [5.41, 5.74) is 5.38. The quantitative estimate of drug-likeness (QED) is 0.610. The fourth-order valence-electron chi connectivity index (χ4n) is 3.41. The molecule has 0 fully saturated rings. The molecule has 2 heterocycles. The molecule has 0 unspecified atom stereocenters. The molecule has 2 aromatic carbocycles. The molecule has 1 aromatic heterocycles. The van der Waals surface area contributed by atoms with Crippen molar-refractivity contribution in [2.45, 2.75) is 18.2 Å². The predicted octanol–water partition coefficient (Wildman–Crippen LogP) is 5.06. The van der Waals surface area contributed by atoms with E-state index in [1.54, 1.807) is 24.2 Å². The number of carbonyl (C=O) groups excluding carboxylic acids is 1. The summed E-state index contributed by atoms with van der Waals surface area (Å²) in [6.45, 7) is 2.84. The van der Waals surface area contributed by atoms with Gasteiger partial charge in [-0.2, -0.15) is 0 Å². The van der Waals surface area contributed by atoms with E-state index < -0.39 is 0 Å². The number of fused-ring (bicyclic) bond motifs is 1. The number of hydrogen-bond acceptors (Lipinski definition) is 3. The Hall–Kier alpha value is -2.59. The summed E-state index contributed by atoms with van der Waals surface area (Å²) in [5, 5.41) is 0. The van der Waals surface area contributed by atoms with Crippen LogP contribution in [0.1, 0.15) is 22.8 Å². The third-order valence-electron chi connectivity index (χ3n) is 4.65. The van der Waals surface area contributed by atoms with Crippen LogP contribution in [0.25, 0.3) is 11.1 Å². The number of hydrogen-bond donors (Lipinski definition) is 0. The van der Waals surface area contributed by atoms with Gasteiger partial charge in [0, 0.05) is 29.5 Å². The summed E-state index contributed by atoms with van der Waals surface area (Å²) in [6.07, 6.45) is 4.50. The van der Waals surface area contributed by atoms with Gasteiger partial charge in [-0.25, -0.2) is 0 Å². The van der Waals surface area contributed by atoms with E-state index in [1.165, 1.54) is 11.1 Å². The van der Waals surface area contributed by atoms with E-state index in [9.17, 15) is 4.79 Å². The van der Waals surface area contributed by atoms with Gasteiger partial charge in [0.1, 0.15) is 0 Å². The van der Waals surface area contributed by atoms with Crippen molar-refractivity contribution in [2.75, 3.05) is 17.2 Å². The van der Waals surface area contributed by atoms with E-state index in [1.807, 2.05) is 41.3 Å². The monoisotopic (exact) mass is 360 g/mol. The summed E-state index contributed by atoms with van der Waals surface area (Å²) in [6, 6.07) is 18.3. The highest BCUT2D eigenvalue weighted by Crippen LogP contribution is 2.34. The number of anilines is 1. The Morgan fingerprint density at radius 1 is 1.08 bits per heavy atom. The molecule has 0 saturated heterocycles. The van der Waals surface area contributed by atoms with Crippen LogP contribution in [0, 0.1) is 0 Å². The standard InChI is InChI=1S/C22H20N2OS/c1-2-26-21-6-4-3-5-19(21)22(25)24-14-11-18-15-17(7-8-20(18)24)16-9-12-23-13-10-16/h3-10,12-13,15H,2,11,14H2,1H3. The first-order chi connectivity index (χ1) is 12.8. The molecule has 1 aliphatic heterocycles. The van der Waals surface area contributed by atoms with Crippen molar-refractivity contribution in [1.82, 2.24) is 4.98 Å². The van der Waals surface area contributed by atoms with Crippen LogP contribution in [0.3, 0.4) is 0 Å². The SMILES string of the molecule is CCSc1ccccc1C(=O)N1CCc2cc(-c3ccncc3)ccc21.